The number of carbonyl (C=O) groups excluding carboxylic acids is 4. The van der Waals surface area contributed by atoms with Gasteiger partial charge in [-0.15, -0.1) is 0 Å². The molecular weight excluding hydrogens is 356 g/mol. The Labute approximate surface area is 167 Å². The molecule has 0 spiro atoms. The third-order valence-electron chi connectivity index (χ3n) is 9.22. The maximum absolute atomic E-state index is 12.1. The van der Waals surface area contributed by atoms with Gasteiger partial charge in [-0.2, -0.15) is 0 Å². The molecule has 4 saturated carbocycles. The first-order valence-corrected chi connectivity index (χ1v) is 10.9. The van der Waals surface area contributed by atoms with E-state index in [0.29, 0.717) is 5.92 Å². The Bertz CT molecular complexity index is 709. The lowest BCUT2D eigenvalue weighted by Gasteiger charge is -2.43. The molecule has 0 N–H and O–H groups in total. The Morgan fingerprint density at radius 2 is 1.32 bits per heavy atom. The molecule has 5 rings (SSSR count). The van der Waals surface area contributed by atoms with Crippen LogP contribution in [-0.2, 0) is 23.9 Å². The van der Waals surface area contributed by atoms with Crippen LogP contribution in [0.4, 0.5) is 0 Å². The smallest absolute Gasteiger partial charge is 0.317 e. The minimum Gasteiger partial charge on any atom is -0.393 e. The minimum absolute atomic E-state index is 0.0607. The summed E-state index contributed by atoms with van der Waals surface area (Å²) in [5, 5.41) is 0. The molecule has 0 radical (unpaired) electrons. The summed E-state index contributed by atoms with van der Waals surface area (Å²) < 4.78 is 4.31. The normalized spacial score (nSPS) is 50.2. The zero-order chi connectivity index (χ0) is 20.5. The van der Waals surface area contributed by atoms with Crippen LogP contribution in [0, 0.1) is 65.1 Å². The molecule has 4 aliphatic carbocycles. The number of fused-ring (bicyclic) bond motifs is 9. The number of ether oxygens (including phenoxy) is 1. The molecule has 154 valence electrons. The average Bonchev–Trinajstić information content (AvgIpc) is 3.42. The SMILES string of the molecule is CC(=O)C(=O)C1CC2CC1C1C3CC(C(C)C3C)C21.CC1C(=O)OC(=O)C1C. The summed E-state index contributed by atoms with van der Waals surface area (Å²) in [4.78, 5) is 44.7. The molecule has 1 heterocycles. The third kappa shape index (κ3) is 2.72. The standard InChI is InChI=1S/C17H24O2.C6H8O3/c1-7-8(2)12-6-11(7)15-10-4-13(16(12)15)14(5-10)17(19)9(3)18;1-3-4(2)6(8)9-5(3)7/h7-8,10-16H,4-6H2,1-3H3;3-4H,1-2H3. The fourth-order valence-corrected chi connectivity index (χ4v) is 7.48. The van der Waals surface area contributed by atoms with Crippen LogP contribution >= 0.6 is 0 Å². The predicted molar refractivity (Wildman–Crippen MR) is 102 cm³/mol. The van der Waals surface area contributed by atoms with Crippen LogP contribution in [-0.4, -0.2) is 23.5 Å². The molecule has 1 aliphatic heterocycles. The van der Waals surface area contributed by atoms with Crippen molar-refractivity contribution in [2.45, 2.75) is 53.9 Å². The van der Waals surface area contributed by atoms with E-state index in [9.17, 15) is 19.2 Å². The summed E-state index contributed by atoms with van der Waals surface area (Å²) in [6.45, 7) is 9.70. The van der Waals surface area contributed by atoms with Crippen molar-refractivity contribution in [1.82, 2.24) is 0 Å². The van der Waals surface area contributed by atoms with Crippen molar-refractivity contribution in [3.05, 3.63) is 0 Å². The summed E-state index contributed by atoms with van der Waals surface area (Å²) in [6.07, 6.45) is 3.67. The van der Waals surface area contributed by atoms with Crippen molar-refractivity contribution in [2.75, 3.05) is 0 Å². The molecular formula is C23H32O5. The van der Waals surface area contributed by atoms with E-state index in [1.165, 1.54) is 19.8 Å². The van der Waals surface area contributed by atoms with Gasteiger partial charge in [0.2, 0.25) is 5.78 Å². The van der Waals surface area contributed by atoms with E-state index >= 15 is 0 Å². The second kappa shape index (κ2) is 6.77. The maximum Gasteiger partial charge on any atom is 0.317 e. The lowest BCUT2D eigenvalue weighted by molar-refractivity contribution is -0.153. The Kier molecular flexibility index (Phi) is 4.79. The number of ketones is 2. The molecule has 5 nitrogen and oxygen atoms in total. The van der Waals surface area contributed by atoms with Crippen LogP contribution in [0.3, 0.4) is 0 Å². The second-order valence-electron chi connectivity index (χ2n) is 10.2. The van der Waals surface area contributed by atoms with E-state index in [-0.39, 0.29) is 29.3 Å². The molecule has 5 aliphatic rings. The highest BCUT2D eigenvalue weighted by molar-refractivity contribution is 6.37. The number of hydrogen-bond acceptors (Lipinski definition) is 5. The Morgan fingerprint density at radius 1 is 0.786 bits per heavy atom. The Morgan fingerprint density at radius 3 is 1.79 bits per heavy atom. The molecule has 4 bridgehead atoms. The van der Waals surface area contributed by atoms with E-state index in [2.05, 4.69) is 18.6 Å². The number of esters is 2. The molecule has 28 heavy (non-hydrogen) atoms. The van der Waals surface area contributed by atoms with Gasteiger partial charge in [-0.1, -0.05) is 27.7 Å². The van der Waals surface area contributed by atoms with E-state index in [1.807, 2.05) is 0 Å². The quantitative estimate of drug-likeness (QED) is 0.314. The largest absolute Gasteiger partial charge is 0.393 e. The molecule has 5 heteroatoms. The van der Waals surface area contributed by atoms with Crippen LogP contribution in [0.2, 0.25) is 0 Å². The van der Waals surface area contributed by atoms with E-state index < -0.39 is 11.9 Å². The topological polar surface area (TPSA) is 77.5 Å². The molecule has 11 unspecified atom stereocenters. The second-order valence-corrected chi connectivity index (χ2v) is 10.2. The molecule has 1 saturated heterocycles. The van der Waals surface area contributed by atoms with Gasteiger partial charge in [0.15, 0.2) is 5.78 Å². The van der Waals surface area contributed by atoms with Gasteiger partial charge >= 0.3 is 11.9 Å². The highest BCUT2D eigenvalue weighted by atomic mass is 16.6. The van der Waals surface area contributed by atoms with Crippen molar-refractivity contribution in [3.8, 4) is 0 Å². The summed E-state index contributed by atoms with van der Waals surface area (Å²) in [5.74, 6) is 5.00. The molecule has 5 fully saturated rings. The summed E-state index contributed by atoms with van der Waals surface area (Å²) in [5.41, 5.74) is 0. The first kappa shape index (κ1) is 19.8. The first-order chi connectivity index (χ1) is 13.1. The van der Waals surface area contributed by atoms with Crippen molar-refractivity contribution in [3.63, 3.8) is 0 Å². The summed E-state index contributed by atoms with van der Waals surface area (Å²) in [6, 6.07) is 0. The van der Waals surface area contributed by atoms with Crippen molar-refractivity contribution < 1.29 is 23.9 Å². The van der Waals surface area contributed by atoms with E-state index in [1.54, 1.807) is 13.8 Å². The van der Waals surface area contributed by atoms with E-state index in [4.69, 9.17) is 0 Å². The minimum atomic E-state index is -0.396. The monoisotopic (exact) mass is 388 g/mol. The molecule has 0 aromatic heterocycles. The number of carbonyl (C=O) groups is 4. The zero-order valence-corrected chi connectivity index (χ0v) is 17.5. The van der Waals surface area contributed by atoms with Gasteiger partial charge in [0.1, 0.15) is 0 Å². The van der Waals surface area contributed by atoms with Crippen LogP contribution in [0.25, 0.3) is 0 Å². The van der Waals surface area contributed by atoms with Gasteiger partial charge in [-0.25, -0.2) is 0 Å². The van der Waals surface area contributed by atoms with Crippen LogP contribution in [0.5, 0.6) is 0 Å². The van der Waals surface area contributed by atoms with Gasteiger partial charge in [0.25, 0.3) is 0 Å². The fourth-order valence-electron chi connectivity index (χ4n) is 7.48. The van der Waals surface area contributed by atoms with Crippen molar-refractivity contribution in [1.29, 1.82) is 0 Å². The number of hydrogen-bond donors (Lipinski definition) is 0. The Balaban J connectivity index is 0.000000181. The van der Waals surface area contributed by atoms with Gasteiger partial charge in [0.05, 0.1) is 11.8 Å². The molecule has 11 atom stereocenters. The number of Topliss-reactive ketones (excluding diaryl/α,β-unsaturated/α-hetero) is 2. The average molecular weight is 389 g/mol. The van der Waals surface area contributed by atoms with Crippen LogP contribution in [0.1, 0.15) is 53.9 Å². The van der Waals surface area contributed by atoms with Gasteiger partial charge < -0.3 is 4.74 Å². The highest BCUT2D eigenvalue weighted by Crippen LogP contribution is 2.71. The molecule has 0 amide bonds. The lowest BCUT2D eigenvalue weighted by atomic mass is 9.61. The number of rotatable bonds is 2. The Hall–Kier alpha value is -1.52. The van der Waals surface area contributed by atoms with Gasteiger partial charge in [0, 0.05) is 12.8 Å². The lowest BCUT2D eigenvalue weighted by Crippen LogP contribution is -2.41. The van der Waals surface area contributed by atoms with Crippen molar-refractivity contribution in [2.24, 2.45) is 65.1 Å². The fraction of sp³-hybridized carbons (Fsp3) is 0.826. The number of cyclic esters (lactones) is 2. The van der Waals surface area contributed by atoms with Crippen LogP contribution in [0.15, 0.2) is 0 Å². The van der Waals surface area contributed by atoms with Gasteiger partial charge in [-0.3, -0.25) is 19.2 Å². The molecule has 0 aromatic carbocycles. The third-order valence-corrected chi connectivity index (χ3v) is 9.22. The predicted octanol–water partition coefficient (Wildman–Crippen LogP) is 3.30. The van der Waals surface area contributed by atoms with Gasteiger partial charge in [-0.05, 0) is 66.6 Å². The van der Waals surface area contributed by atoms with Crippen molar-refractivity contribution >= 4 is 23.5 Å². The first-order valence-electron chi connectivity index (χ1n) is 10.9. The zero-order valence-electron chi connectivity index (χ0n) is 17.5. The van der Waals surface area contributed by atoms with E-state index in [0.717, 1.165) is 47.8 Å². The summed E-state index contributed by atoms with van der Waals surface area (Å²) >= 11 is 0. The highest BCUT2D eigenvalue weighted by Gasteiger charge is 2.66. The van der Waals surface area contributed by atoms with Crippen LogP contribution < -0.4 is 0 Å². The summed E-state index contributed by atoms with van der Waals surface area (Å²) in [7, 11) is 0. The maximum atomic E-state index is 12.1. The molecule has 0 aromatic rings.